The number of thioether (sulfide) groups is 1. The molecule has 0 bridgehead atoms. The van der Waals surface area contributed by atoms with E-state index in [2.05, 4.69) is 15.2 Å². The van der Waals surface area contributed by atoms with Crippen molar-refractivity contribution in [3.8, 4) is 5.69 Å². The number of esters is 1. The number of aromatic nitrogens is 3. The van der Waals surface area contributed by atoms with Crippen LogP contribution in [0.3, 0.4) is 0 Å². The zero-order valence-electron chi connectivity index (χ0n) is 11.5. The predicted molar refractivity (Wildman–Crippen MR) is 81.2 cm³/mol. The van der Waals surface area contributed by atoms with E-state index in [4.69, 9.17) is 4.74 Å². The second kappa shape index (κ2) is 6.09. The summed E-state index contributed by atoms with van der Waals surface area (Å²) in [5, 5.41) is 8.93. The molecule has 1 aliphatic heterocycles. The van der Waals surface area contributed by atoms with Crippen LogP contribution in [0.4, 0.5) is 5.69 Å². The Morgan fingerprint density at radius 1 is 1.43 bits per heavy atom. The third-order valence-corrected chi connectivity index (χ3v) is 3.92. The molecule has 0 spiro atoms. The quantitative estimate of drug-likeness (QED) is 0.813. The Labute approximate surface area is 126 Å². The van der Waals surface area contributed by atoms with Crippen LogP contribution in [-0.4, -0.2) is 38.1 Å². The van der Waals surface area contributed by atoms with Gasteiger partial charge in [-0.2, -0.15) is 0 Å². The van der Waals surface area contributed by atoms with Crippen LogP contribution < -0.4 is 0 Å². The molecular weight excluding hydrogens is 288 g/mol. The number of nitrogens with zero attached hydrogens (tertiary/aromatic N) is 4. The number of fused-ring (bicyclic) bond motifs is 3. The molecule has 1 aromatic heterocycles. The minimum atomic E-state index is -0.232. The van der Waals surface area contributed by atoms with Gasteiger partial charge in [0.15, 0.2) is 0 Å². The molecule has 0 amide bonds. The van der Waals surface area contributed by atoms with E-state index in [1.807, 2.05) is 28.8 Å². The van der Waals surface area contributed by atoms with Crippen molar-refractivity contribution in [1.29, 1.82) is 0 Å². The predicted octanol–water partition coefficient (Wildman–Crippen LogP) is 2.15. The van der Waals surface area contributed by atoms with Crippen molar-refractivity contribution in [1.82, 2.24) is 14.8 Å². The first-order chi connectivity index (χ1) is 10.3. The van der Waals surface area contributed by atoms with Crippen LogP contribution in [-0.2, 0) is 16.0 Å². The molecule has 3 rings (SSSR count). The van der Waals surface area contributed by atoms with Gasteiger partial charge in [0, 0.05) is 0 Å². The summed E-state index contributed by atoms with van der Waals surface area (Å²) in [5.74, 6) is 0.836. The lowest BCUT2D eigenvalue weighted by Gasteiger charge is -2.04. The lowest BCUT2D eigenvalue weighted by Crippen LogP contribution is -2.10. The third-order valence-electron chi connectivity index (χ3n) is 2.98. The highest BCUT2D eigenvalue weighted by Crippen LogP contribution is 2.29. The van der Waals surface area contributed by atoms with Gasteiger partial charge in [-0.3, -0.25) is 9.36 Å². The van der Waals surface area contributed by atoms with Gasteiger partial charge in [0.05, 0.1) is 35.2 Å². The molecule has 108 valence electrons. The van der Waals surface area contributed by atoms with Gasteiger partial charge in [0.1, 0.15) is 12.2 Å². The minimum absolute atomic E-state index is 0.232. The van der Waals surface area contributed by atoms with E-state index in [0.29, 0.717) is 13.0 Å². The van der Waals surface area contributed by atoms with Crippen molar-refractivity contribution in [2.24, 2.45) is 4.99 Å². The number of rotatable bonds is 3. The molecule has 21 heavy (non-hydrogen) atoms. The molecular formula is C14H14N4O2S. The Kier molecular flexibility index (Phi) is 4.01. The number of carbonyl (C=O) groups excluding carboxylic acids is 1. The van der Waals surface area contributed by atoms with Gasteiger partial charge in [-0.25, -0.2) is 4.99 Å². The Morgan fingerprint density at radius 3 is 3.14 bits per heavy atom. The zero-order chi connectivity index (χ0) is 14.7. The van der Waals surface area contributed by atoms with E-state index in [1.165, 1.54) is 11.8 Å². The first kappa shape index (κ1) is 13.8. The van der Waals surface area contributed by atoms with Crippen LogP contribution in [0.15, 0.2) is 35.6 Å². The molecule has 0 aliphatic carbocycles. The van der Waals surface area contributed by atoms with Gasteiger partial charge < -0.3 is 4.74 Å². The first-order valence-electron chi connectivity index (χ1n) is 6.62. The highest BCUT2D eigenvalue weighted by molar-refractivity contribution is 8.14. The summed E-state index contributed by atoms with van der Waals surface area (Å²) in [5.41, 5.74) is 1.80. The number of para-hydroxylation sites is 2. The van der Waals surface area contributed by atoms with Crippen LogP contribution in [0.1, 0.15) is 12.7 Å². The van der Waals surface area contributed by atoms with Gasteiger partial charge in [-0.1, -0.05) is 23.9 Å². The van der Waals surface area contributed by atoms with Gasteiger partial charge in [-0.15, -0.1) is 10.2 Å². The van der Waals surface area contributed by atoms with Crippen molar-refractivity contribution in [3.63, 3.8) is 0 Å². The summed E-state index contributed by atoms with van der Waals surface area (Å²) >= 11 is 1.38. The maximum Gasteiger partial charge on any atom is 0.316 e. The standard InChI is InChI=1S/C14H14N4O2S/c1-2-20-14(19)8-21-13-7-12-17-15-9-18(12)11-6-4-3-5-10(11)16-13/h3-6,9H,2,7-8H2,1H3. The lowest BCUT2D eigenvalue weighted by atomic mass is 10.2. The highest BCUT2D eigenvalue weighted by Gasteiger charge is 2.18. The number of aliphatic imine (C=N–C) groups is 1. The maximum atomic E-state index is 11.5. The normalized spacial score (nSPS) is 12.9. The van der Waals surface area contributed by atoms with Crippen LogP contribution in [0.2, 0.25) is 0 Å². The Hall–Kier alpha value is -2.15. The number of ether oxygens (including phenoxy) is 1. The molecule has 0 saturated heterocycles. The summed E-state index contributed by atoms with van der Waals surface area (Å²) in [6, 6.07) is 7.81. The van der Waals surface area contributed by atoms with Crippen molar-refractivity contribution in [2.45, 2.75) is 13.3 Å². The molecule has 0 fully saturated rings. The summed E-state index contributed by atoms with van der Waals surface area (Å²) in [6.07, 6.45) is 2.24. The molecule has 0 saturated carbocycles. The van der Waals surface area contributed by atoms with Gasteiger partial charge in [-0.05, 0) is 19.1 Å². The van der Waals surface area contributed by atoms with Crippen molar-refractivity contribution in [3.05, 3.63) is 36.4 Å². The highest BCUT2D eigenvalue weighted by atomic mass is 32.2. The van der Waals surface area contributed by atoms with Crippen LogP contribution >= 0.6 is 11.8 Å². The van der Waals surface area contributed by atoms with E-state index in [1.54, 1.807) is 13.3 Å². The fourth-order valence-corrected chi connectivity index (χ4v) is 2.84. The Bertz CT molecular complexity index is 696. The van der Waals surface area contributed by atoms with Crippen molar-refractivity contribution < 1.29 is 9.53 Å². The monoisotopic (exact) mass is 302 g/mol. The van der Waals surface area contributed by atoms with E-state index in [9.17, 15) is 4.79 Å². The number of hydrogen-bond donors (Lipinski definition) is 0. The van der Waals surface area contributed by atoms with Crippen LogP contribution in [0.5, 0.6) is 0 Å². The zero-order valence-corrected chi connectivity index (χ0v) is 12.3. The Balaban J connectivity index is 1.87. The number of hydrogen-bond acceptors (Lipinski definition) is 6. The number of carbonyl (C=O) groups is 1. The molecule has 2 aromatic rings. The topological polar surface area (TPSA) is 69.4 Å². The average molecular weight is 302 g/mol. The van der Waals surface area contributed by atoms with Gasteiger partial charge in [0.2, 0.25) is 0 Å². The maximum absolute atomic E-state index is 11.5. The molecule has 0 N–H and O–H groups in total. The summed E-state index contributed by atoms with van der Waals surface area (Å²) in [7, 11) is 0. The average Bonchev–Trinajstić information content (AvgIpc) is 2.88. The molecule has 0 radical (unpaired) electrons. The fraction of sp³-hybridized carbons (Fsp3) is 0.286. The molecule has 6 nitrogen and oxygen atoms in total. The van der Waals surface area contributed by atoms with Gasteiger partial charge >= 0.3 is 5.97 Å². The molecule has 0 unspecified atom stereocenters. The van der Waals surface area contributed by atoms with Crippen LogP contribution in [0.25, 0.3) is 5.69 Å². The van der Waals surface area contributed by atoms with E-state index >= 15 is 0 Å². The molecule has 2 heterocycles. The molecule has 1 aromatic carbocycles. The SMILES string of the molecule is CCOC(=O)CSC1=Nc2ccccc2-n2cnnc2C1. The van der Waals surface area contributed by atoms with E-state index < -0.39 is 0 Å². The lowest BCUT2D eigenvalue weighted by molar-refractivity contribution is -0.139. The summed E-state index contributed by atoms with van der Waals surface area (Å²) < 4.78 is 6.87. The van der Waals surface area contributed by atoms with Crippen molar-refractivity contribution in [2.75, 3.05) is 12.4 Å². The second-order valence-electron chi connectivity index (χ2n) is 4.38. The minimum Gasteiger partial charge on any atom is -0.465 e. The molecule has 0 atom stereocenters. The Morgan fingerprint density at radius 2 is 2.29 bits per heavy atom. The summed E-state index contributed by atoms with van der Waals surface area (Å²) in [6.45, 7) is 2.19. The van der Waals surface area contributed by atoms with E-state index in [0.717, 1.165) is 22.2 Å². The van der Waals surface area contributed by atoms with Gasteiger partial charge in [0.25, 0.3) is 0 Å². The summed E-state index contributed by atoms with van der Waals surface area (Å²) in [4.78, 5) is 16.1. The molecule has 1 aliphatic rings. The van der Waals surface area contributed by atoms with Crippen LogP contribution in [0, 0.1) is 0 Å². The van der Waals surface area contributed by atoms with Crippen molar-refractivity contribution >= 4 is 28.5 Å². The second-order valence-corrected chi connectivity index (χ2v) is 5.43. The number of benzene rings is 1. The van der Waals surface area contributed by atoms with E-state index in [-0.39, 0.29) is 11.7 Å². The largest absolute Gasteiger partial charge is 0.465 e. The smallest absolute Gasteiger partial charge is 0.316 e. The first-order valence-corrected chi connectivity index (χ1v) is 7.60. The fourth-order valence-electron chi connectivity index (χ4n) is 2.08. The third kappa shape index (κ3) is 2.97. The molecule has 7 heteroatoms.